The fourth-order valence-corrected chi connectivity index (χ4v) is 4.21. The second kappa shape index (κ2) is 7.84. The van der Waals surface area contributed by atoms with Crippen molar-refractivity contribution in [2.24, 2.45) is 11.8 Å². The molecular weight excluding hydrogens is 380 g/mol. The lowest BCUT2D eigenvalue weighted by atomic mass is 9.80. The van der Waals surface area contributed by atoms with Gasteiger partial charge >= 0.3 is 5.97 Å². The van der Waals surface area contributed by atoms with Crippen LogP contribution in [0.1, 0.15) is 13.3 Å². The molecule has 11 heteroatoms. The summed E-state index contributed by atoms with van der Waals surface area (Å²) in [4.78, 5) is 12.0. The summed E-state index contributed by atoms with van der Waals surface area (Å²) >= 11 is 0. The van der Waals surface area contributed by atoms with Gasteiger partial charge in [0.1, 0.15) is 24.4 Å². The van der Waals surface area contributed by atoms with Crippen LogP contribution >= 0.6 is 0 Å². The standard InChI is InChI=1S/C17H26O11/c1-17(24)3-7(19)9-6(14(23)25-2)5-26-15(10(9)17)28-16-13(22)12(21)11(20)8(4-18)27-16/h5,7-13,15-16,18-22,24H,3-4H2,1-2H3/t7-,8-,9?,10?,11-,12+,13-,15+,16+,17-/m1/s1. The summed E-state index contributed by atoms with van der Waals surface area (Å²) < 4.78 is 21.1. The number of carbonyl (C=O) groups is 1. The van der Waals surface area contributed by atoms with Crippen LogP contribution in [-0.2, 0) is 23.7 Å². The van der Waals surface area contributed by atoms with E-state index in [0.29, 0.717) is 0 Å². The molecule has 1 saturated heterocycles. The maximum Gasteiger partial charge on any atom is 0.337 e. The first-order valence-corrected chi connectivity index (χ1v) is 8.92. The average Bonchev–Trinajstić information content (AvgIpc) is 2.91. The summed E-state index contributed by atoms with van der Waals surface area (Å²) in [7, 11) is 1.17. The lowest BCUT2D eigenvalue weighted by molar-refractivity contribution is -0.346. The quantitative estimate of drug-likeness (QED) is 0.262. The maximum atomic E-state index is 12.0. The van der Waals surface area contributed by atoms with Crippen LogP contribution in [0.4, 0.5) is 0 Å². The van der Waals surface area contributed by atoms with Crippen LogP contribution in [0.25, 0.3) is 0 Å². The van der Waals surface area contributed by atoms with Crippen molar-refractivity contribution in [3.63, 3.8) is 0 Å². The molecule has 28 heavy (non-hydrogen) atoms. The first kappa shape index (κ1) is 21.4. The van der Waals surface area contributed by atoms with Gasteiger partial charge in [0, 0.05) is 12.3 Å². The van der Waals surface area contributed by atoms with Crippen LogP contribution < -0.4 is 0 Å². The third-order valence-electron chi connectivity index (χ3n) is 5.66. The fourth-order valence-electron chi connectivity index (χ4n) is 4.21. The molecule has 1 aliphatic carbocycles. The Bertz CT molecular complexity index is 618. The number of aliphatic hydroxyl groups excluding tert-OH is 5. The number of ether oxygens (including phenoxy) is 4. The van der Waals surface area contributed by atoms with Gasteiger partial charge in [-0.25, -0.2) is 4.79 Å². The minimum Gasteiger partial charge on any atom is -0.471 e. The summed E-state index contributed by atoms with van der Waals surface area (Å²) in [5, 5.41) is 60.4. The monoisotopic (exact) mass is 406 g/mol. The van der Waals surface area contributed by atoms with Crippen molar-refractivity contribution in [3.8, 4) is 0 Å². The van der Waals surface area contributed by atoms with Gasteiger partial charge in [0.05, 0.1) is 43.2 Å². The van der Waals surface area contributed by atoms with E-state index in [1.807, 2.05) is 0 Å². The second-order valence-electron chi connectivity index (χ2n) is 7.58. The molecule has 0 spiro atoms. The highest BCUT2D eigenvalue weighted by Gasteiger charge is 2.59. The minimum absolute atomic E-state index is 0.0337. The molecule has 0 amide bonds. The number of rotatable bonds is 4. The van der Waals surface area contributed by atoms with Crippen LogP contribution in [0, 0.1) is 11.8 Å². The van der Waals surface area contributed by atoms with Crippen LogP contribution in [0.3, 0.4) is 0 Å². The van der Waals surface area contributed by atoms with E-state index in [4.69, 9.17) is 18.9 Å². The molecule has 160 valence electrons. The Kier molecular flexibility index (Phi) is 5.99. The number of esters is 1. The van der Waals surface area contributed by atoms with Gasteiger partial charge in [-0.05, 0) is 6.92 Å². The number of hydrogen-bond acceptors (Lipinski definition) is 11. The number of fused-ring (bicyclic) bond motifs is 1. The highest BCUT2D eigenvalue weighted by Crippen LogP contribution is 2.49. The van der Waals surface area contributed by atoms with Crippen molar-refractivity contribution in [1.29, 1.82) is 0 Å². The summed E-state index contributed by atoms with van der Waals surface area (Å²) in [5.74, 6) is -2.50. The SMILES string of the molecule is COC(=O)C1=CO[C@@H](O[C@@H]2O[C@H](CO)[C@@H](O)[C@H](O)[C@H]2O)C2C1[C@H](O)C[C@@]2(C)O. The van der Waals surface area contributed by atoms with E-state index >= 15 is 0 Å². The summed E-state index contributed by atoms with van der Waals surface area (Å²) in [6.07, 6.45) is -8.88. The molecule has 1 saturated carbocycles. The van der Waals surface area contributed by atoms with Gasteiger partial charge in [0.2, 0.25) is 6.29 Å². The fraction of sp³-hybridized carbons (Fsp3) is 0.824. The zero-order chi connectivity index (χ0) is 20.8. The molecular formula is C17H26O11. The molecule has 0 aromatic rings. The lowest BCUT2D eigenvalue weighted by Gasteiger charge is -2.44. The van der Waals surface area contributed by atoms with Gasteiger partial charge in [-0.3, -0.25) is 0 Å². The van der Waals surface area contributed by atoms with Crippen molar-refractivity contribution in [2.45, 2.75) is 62.0 Å². The van der Waals surface area contributed by atoms with E-state index in [0.717, 1.165) is 6.26 Å². The van der Waals surface area contributed by atoms with Crippen LogP contribution in [0.2, 0.25) is 0 Å². The van der Waals surface area contributed by atoms with Gasteiger partial charge in [0.15, 0.2) is 6.29 Å². The minimum atomic E-state index is -1.66. The molecule has 0 radical (unpaired) electrons. The Balaban J connectivity index is 1.86. The molecule has 10 atom stereocenters. The van der Waals surface area contributed by atoms with E-state index in [-0.39, 0.29) is 12.0 Å². The molecule has 0 aromatic carbocycles. The van der Waals surface area contributed by atoms with Gasteiger partial charge in [0.25, 0.3) is 0 Å². The van der Waals surface area contributed by atoms with Crippen LogP contribution in [-0.4, -0.2) is 99.0 Å². The van der Waals surface area contributed by atoms with Gasteiger partial charge < -0.3 is 49.6 Å². The largest absolute Gasteiger partial charge is 0.471 e. The van der Waals surface area contributed by atoms with E-state index in [1.165, 1.54) is 14.0 Å². The lowest BCUT2D eigenvalue weighted by Crippen LogP contribution is -2.60. The number of carbonyl (C=O) groups excluding carboxylic acids is 1. The Hall–Kier alpha value is -1.31. The summed E-state index contributed by atoms with van der Waals surface area (Å²) in [6, 6.07) is 0. The van der Waals surface area contributed by atoms with E-state index < -0.39 is 73.1 Å². The van der Waals surface area contributed by atoms with Crippen molar-refractivity contribution in [2.75, 3.05) is 13.7 Å². The second-order valence-corrected chi connectivity index (χ2v) is 7.58. The molecule has 3 aliphatic rings. The molecule has 2 unspecified atom stereocenters. The first-order chi connectivity index (χ1) is 13.1. The molecule has 11 nitrogen and oxygen atoms in total. The molecule has 0 bridgehead atoms. The third-order valence-corrected chi connectivity index (χ3v) is 5.66. The summed E-state index contributed by atoms with van der Waals surface area (Å²) in [5.41, 5.74) is -1.46. The average molecular weight is 406 g/mol. The third kappa shape index (κ3) is 3.53. The zero-order valence-electron chi connectivity index (χ0n) is 15.4. The van der Waals surface area contributed by atoms with Gasteiger partial charge in [-0.1, -0.05) is 0 Å². The normalized spacial score (nSPS) is 48.4. The van der Waals surface area contributed by atoms with E-state index in [1.54, 1.807) is 0 Å². The maximum absolute atomic E-state index is 12.0. The molecule has 3 rings (SSSR count). The van der Waals surface area contributed by atoms with Crippen LogP contribution in [0.5, 0.6) is 0 Å². The Morgan fingerprint density at radius 2 is 1.89 bits per heavy atom. The van der Waals surface area contributed by atoms with E-state index in [2.05, 4.69) is 0 Å². The predicted molar refractivity (Wildman–Crippen MR) is 88.1 cm³/mol. The smallest absolute Gasteiger partial charge is 0.337 e. The highest BCUT2D eigenvalue weighted by molar-refractivity contribution is 5.89. The highest BCUT2D eigenvalue weighted by atomic mass is 16.8. The van der Waals surface area contributed by atoms with Crippen LogP contribution in [0.15, 0.2) is 11.8 Å². The Labute approximate surface area is 160 Å². The molecule has 2 aliphatic heterocycles. The molecule has 0 aromatic heterocycles. The zero-order valence-corrected chi connectivity index (χ0v) is 15.4. The van der Waals surface area contributed by atoms with Crippen molar-refractivity contribution < 1.29 is 54.4 Å². The number of methoxy groups -OCH3 is 1. The molecule has 2 heterocycles. The van der Waals surface area contributed by atoms with Gasteiger partial charge in [-0.15, -0.1) is 0 Å². The van der Waals surface area contributed by atoms with Gasteiger partial charge in [-0.2, -0.15) is 0 Å². The Morgan fingerprint density at radius 3 is 2.50 bits per heavy atom. The first-order valence-electron chi connectivity index (χ1n) is 8.92. The van der Waals surface area contributed by atoms with Crippen molar-refractivity contribution in [1.82, 2.24) is 0 Å². The number of aliphatic hydroxyl groups is 6. The summed E-state index contributed by atoms with van der Waals surface area (Å²) in [6.45, 7) is 0.819. The molecule has 2 fully saturated rings. The predicted octanol–water partition coefficient (Wildman–Crippen LogP) is -3.04. The Morgan fingerprint density at radius 1 is 1.21 bits per heavy atom. The molecule has 6 N–H and O–H groups in total. The number of hydrogen-bond donors (Lipinski definition) is 6. The van der Waals surface area contributed by atoms with Crippen molar-refractivity contribution >= 4 is 5.97 Å². The van der Waals surface area contributed by atoms with Crippen molar-refractivity contribution in [3.05, 3.63) is 11.8 Å². The van der Waals surface area contributed by atoms with E-state index in [9.17, 15) is 35.4 Å². The topological polar surface area (TPSA) is 175 Å².